The summed E-state index contributed by atoms with van der Waals surface area (Å²) >= 11 is 3.41. The normalized spacial score (nSPS) is 19.8. The van der Waals surface area contributed by atoms with E-state index in [2.05, 4.69) is 20.8 Å². The van der Waals surface area contributed by atoms with Gasteiger partial charge in [0.15, 0.2) is 0 Å². The van der Waals surface area contributed by atoms with E-state index in [0.29, 0.717) is 6.54 Å². The molecule has 2 N–H and O–H groups in total. The highest BCUT2D eigenvalue weighted by atomic mass is 79.9. The first-order valence-electron chi connectivity index (χ1n) is 6.37. The zero-order chi connectivity index (χ0) is 14.2. The molecule has 0 radical (unpaired) electrons. The fourth-order valence-electron chi connectivity index (χ4n) is 2.45. The van der Waals surface area contributed by atoms with Gasteiger partial charge in [0.2, 0.25) is 5.91 Å². The van der Waals surface area contributed by atoms with Crippen molar-refractivity contribution in [2.45, 2.75) is 25.9 Å². The molecule has 1 fully saturated rings. The fourth-order valence-corrected chi connectivity index (χ4v) is 2.82. The van der Waals surface area contributed by atoms with Crippen molar-refractivity contribution in [1.82, 2.24) is 9.80 Å². The maximum Gasteiger partial charge on any atom is 0.242 e. The zero-order valence-electron chi connectivity index (χ0n) is 11.6. The summed E-state index contributed by atoms with van der Waals surface area (Å²) in [6.07, 6.45) is 0. The predicted molar refractivity (Wildman–Crippen MR) is 80.7 cm³/mol. The first kappa shape index (κ1) is 14.3. The van der Waals surface area contributed by atoms with Gasteiger partial charge < -0.3 is 10.6 Å². The lowest BCUT2D eigenvalue weighted by atomic mass is 9.96. The Labute approximate surface area is 122 Å². The van der Waals surface area contributed by atoms with Gasteiger partial charge >= 0.3 is 0 Å². The Kier molecular flexibility index (Phi) is 3.87. The van der Waals surface area contributed by atoms with Crippen LogP contribution in [0.15, 0.2) is 22.7 Å². The van der Waals surface area contributed by atoms with Gasteiger partial charge in [0, 0.05) is 36.8 Å². The first-order valence-corrected chi connectivity index (χ1v) is 7.16. The van der Waals surface area contributed by atoms with Crippen LogP contribution in [0.4, 0.5) is 5.69 Å². The molecule has 1 heterocycles. The average Bonchev–Trinajstić information content (AvgIpc) is 2.33. The number of rotatable bonds is 2. The Hall–Kier alpha value is -1.07. The van der Waals surface area contributed by atoms with Crippen molar-refractivity contribution in [1.29, 1.82) is 0 Å². The van der Waals surface area contributed by atoms with Gasteiger partial charge in [-0.1, -0.05) is 22.0 Å². The smallest absolute Gasteiger partial charge is 0.242 e. The molecule has 0 aromatic heterocycles. The number of hydrogen-bond acceptors (Lipinski definition) is 3. The number of halogens is 1. The minimum Gasteiger partial charge on any atom is -0.398 e. The molecular formula is C14H20BrN3O. The summed E-state index contributed by atoms with van der Waals surface area (Å²) in [5.41, 5.74) is 7.38. The molecule has 1 aliphatic heterocycles. The van der Waals surface area contributed by atoms with E-state index in [1.165, 1.54) is 0 Å². The predicted octanol–water partition coefficient (Wildman–Crippen LogP) is 2.08. The highest BCUT2D eigenvalue weighted by Crippen LogP contribution is 2.26. The number of amides is 1. The second-order valence-corrected chi connectivity index (χ2v) is 6.47. The van der Waals surface area contributed by atoms with Crippen LogP contribution in [0.1, 0.15) is 19.4 Å². The van der Waals surface area contributed by atoms with Gasteiger partial charge in [0.05, 0.1) is 5.54 Å². The molecule has 1 aliphatic rings. The SMILES string of the molecule is CN1CCN(Cc2ccc(Br)cc2N)C(C)(C)C1=O. The van der Waals surface area contributed by atoms with Gasteiger partial charge in [0.25, 0.3) is 0 Å². The average molecular weight is 326 g/mol. The molecule has 4 nitrogen and oxygen atoms in total. The zero-order valence-corrected chi connectivity index (χ0v) is 13.2. The molecule has 0 aliphatic carbocycles. The number of likely N-dealkylation sites (N-methyl/N-ethyl adjacent to an activating group) is 1. The van der Waals surface area contributed by atoms with Crippen LogP contribution < -0.4 is 5.73 Å². The first-order chi connectivity index (χ1) is 8.82. The third-order valence-corrected chi connectivity index (χ3v) is 4.33. The molecule has 19 heavy (non-hydrogen) atoms. The van der Waals surface area contributed by atoms with Crippen molar-refractivity contribution in [3.05, 3.63) is 28.2 Å². The van der Waals surface area contributed by atoms with Gasteiger partial charge in [-0.25, -0.2) is 0 Å². The van der Waals surface area contributed by atoms with Gasteiger partial charge in [-0.3, -0.25) is 9.69 Å². The lowest BCUT2D eigenvalue weighted by molar-refractivity contribution is -0.147. The van der Waals surface area contributed by atoms with Crippen molar-refractivity contribution in [3.8, 4) is 0 Å². The summed E-state index contributed by atoms with van der Waals surface area (Å²) in [7, 11) is 1.86. The van der Waals surface area contributed by atoms with Gasteiger partial charge in [-0.2, -0.15) is 0 Å². The molecule has 0 unspecified atom stereocenters. The summed E-state index contributed by atoms with van der Waals surface area (Å²) in [5.74, 6) is 0.162. The van der Waals surface area contributed by atoms with Crippen LogP contribution in [-0.4, -0.2) is 41.4 Å². The summed E-state index contributed by atoms with van der Waals surface area (Å²) in [5, 5.41) is 0. The molecule has 1 aromatic rings. The van der Waals surface area contributed by atoms with Gasteiger partial charge in [0.1, 0.15) is 0 Å². The van der Waals surface area contributed by atoms with E-state index in [4.69, 9.17) is 5.73 Å². The fraction of sp³-hybridized carbons (Fsp3) is 0.500. The standard InChI is InChI=1S/C14H20BrN3O/c1-14(2)13(19)17(3)6-7-18(14)9-10-4-5-11(15)8-12(10)16/h4-5,8H,6-7,9,16H2,1-3H3. The van der Waals surface area contributed by atoms with Crippen molar-refractivity contribution in [3.63, 3.8) is 0 Å². The second-order valence-electron chi connectivity index (χ2n) is 5.55. The number of hydrogen-bond donors (Lipinski definition) is 1. The molecular weight excluding hydrogens is 306 g/mol. The van der Waals surface area contributed by atoms with E-state index in [9.17, 15) is 4.79 Å². The third-order valence-electron chi connectivity index (χ3n) is 3.84. The number of nitrogens with two attached hydrogens (primary N) is 1. The number of carbonyl (C=O) groups excluding carboxylic acids is 1. The Morgan fingerprint density at radius 1 is 1.37 bits per heavy atom. The van der Waals surface area contributed by atoms with Crippen LogP contribution in [0.5, 0.6) is 0 Å². The van der Waals surface area contributed by atoms with Crippen molar-refractivity contribution in [2.24, 2.45) is 0 Å². The van der Waals surface area contributed by atoms with E-state index in [0.717, 1.165) is 28.8 Å². The van der Waals surface area contributed by atoms with Crippen LogP contribution in [0.25, 0.3) is 0 Å². The topological polar surface area (TPSA) is 49.6 Å². The van der Waals surface area contributed by atoms with Crippen LogP contribution in [0.3, 0.4) is 0 Å². The van der Waals surface area contributed by atoms with Crippen molar-refractivity contribution < 1.29 is 4.79 Å². The van der Waals surface area contributed by atoms with Crippen LogP contribution in [0, 0.1) is 0 Å². The monoisotopic (exact) mass is 325 g/mol. The van der Waals surface area contributed by atoms with Crippen molar-refractivity contribution >= 4 is 27.5 Å². The molecule has 1 amide bonds. The molecule has 104 valence electrons. The Morgan fingerprint density at radius 2 is 2.05 bits per heavy atom. The maximum absolute atomic E-state index is 12.2. The minimum atomic E-state index is -0.480. The van der Waals surface area contributed by atoms with Gasteiger partial charge in [-0.15, -0.1) is 0 Å². The van der Waals surface area contributed by atoms with E-state index in [1.807, 2.05) is 39.1 Å². The number of carbonyl (C=O) groups is 1. The summed E-state index contributed by atoms with van der Waals surface area (Å²) in [4.78, 5) is 16.2. The lowest BCUT2D eigenvalue weighted by Gasteiger charge is -2.44. The molecule has 1 saturated heterocycles. The maximum atomic E-state index is 12.2. The molecule has 0 bridgehead atoms. The third kappa shape index (κ3) is 2.77. The van der Waals surface area contributed by atoms with Crippen LogP contribution in [-0.2, 0) is 11.3 Å². The summed E-state index contributed by atoms with van der Waals surface area (Å²) in [6, 6.07) is 5.90. The van der Waals surface area contributed by atoms with E-state index < -0.39 is 5.54 Å². The highest BCUT2D eigenvalue weighted by Gasteiger charge is 2.40. The van der Waals surface area contributed by atoms with Crippen LogP contribution >= 0.6 is 15.9 Å². The van der Waals surface area contributed by atoms with Crippen LogP contribution in [0.2, 0.25) is 0 Å². The number of benzene rings is 1. The van der Waals surface area contributed by atoms with Crippen molar-refractivity contribution in [2.75, 3.05) is 25.9 Å². The molecule has 0 saturated carbocycles. The summed E-state index contributed by atoms with van der Waals surface area (Å²) < 4.78 is 0.975. The van der Waals surface area contributed by atoms with Gasteiger partial charge in [-0.05, 0) is 31.5 Å². The minimum absolute atomic E-state index is 0.162. The quantitative estimate of drug-likeness (QED) is 0.847. The molecule has 1 aromatic carbocycles. The summed E-state index contributed by atoms with van der Waals surface area (Å²) in [6.45, 7) is 6.27. The highest BCUT2D eigenvalue weighted by molar-refractivity contribution is 9.10. The molecule has 2 rings (SSSR count). The molecule has 0 atom stereocenters. The number of nitrogens with zero attached hydrogens (tertiary/aromatic N) is 2. The Morgan fingerprint density at radius 3 is 2.68 bits per heavy atom. The van der Waals surface area contributed by atoms with E-state index >= 15 is 0 Å². The molecule has 5 heteroatoms. The van der Waals surface area contributed by atoms with E-state index in [1.54, 1.807) is 4.90 Å². The molecule has 0 spiro atoms. The number of nitrogen functional groups attached to an aromatic ring is 1. The largest absolute Gasteiger partial charge is 0.398 e. The Balaban J connectivity index is 2.21. The number of piperazine rings is 1. The van der Waals surface area contributed by atoms with E-state index in [-0.39, 0.29) is 5.91 Å². The second kappa shape index (κ2) is 5.13. The number of anilines is 1. The lowest BCUT2D eigenvalue weighted by Crippen LogP contribution is -2.61. The Bertz CT molecular complexity index is 501.